The van der Waals surface area contributed by atoms with E-state index in [1.54, 1.807) is 24.3 Å². The third-order valence-electron chi connectivity index (χ3n) is 3.76. The molecule has 0 bridgehead atoms. The summed E-state index contributed by atoms with van der Waals surface area (Å²) < 4.78 is 0. The number of anilines is 1. The van der Waals surface area contributed by atoms with Gasteiger partial charge in [0.15, 0.2) is 0 Å². The number of amides is 2. The molecule has 110 valence electrons. The standard InChI is InChI=1S/C17H20N2O2/c1-2-12-18-17(21)14-10-6-7-11-15(14)19-16(20)13-8-4-3-5-9-13/h1,6-7,10-11,13H,3-5,8-9,12H2,(H,18,21)(H,19,20). The van der Waals surface area contributed by atoms with Crippen molar-refractivity contribution in [3.8, 4) is 12.3 Å². The zero-order valence-electron chi connectivity index (χ0n) is 12.0. The lowest BCUT2D eigenvalue weighted by atomic mass is 9.88. The number of terminal acetylenes is 1. The monoisotopic (exact) mass is 284 g/mol. The maximum atomic E-state index is 12.3. The van der Waals surface area contributed by atoms with Crippen molar-refractivity contribution < 1.29 is 9.59 Å². The number of para-hydroxylation sites is 1. The fourth-order valence-electron chi connectivity index (χ4n) is 2.62. The van der Waals surface area contributed by atoms with Gasteiger partial charge in [0.1, 0.15) is 0 Å². The van der Waals surface area contributed by atoms with E-state index in [1.807, 2.05) is 0 Å². The Labute approximate surface area is 125 Å². The van der Waals surface area contributed by atoms with E-state index in [9.17, 15) is 9.59 Å². The number of carbonyl (C=O) groups is 2. The Hall–Kier alpha value is -2.28. The number of rotatable bonds is 4. The van der Waals surface area contributed by atoms with Crippen LogP contribution in [0.15, 0.2) is 24.3 Å². The van der Waals surface area contributed by atoms with Crippen LogP contribution in [0.1, 0.15) is 42.5 Å². The Morgan fingerprint density at radius 1 is 1.19 bits per heavy atom. The van der Waals surface area contributed by atoms with Crippen LogP contribution in [0, 0.1) is 18.3 Å². The van der Waals surface area contributed by atoms with Crippen molar-refractivity contribution in [2.24, 2.45) is 5.92 Å². The minimum atomic E-state index is -0.271. The molecular weight excluding hydrogens is 264 g/mol. The topological polar surface area (TPSA) is 58.2 Å². The van der Waals surface area contributed by atoms with Crippen LogP contribution in [0.5, 0.6) is 0 Å². The zero-order chi connectivity index (χ0) is 15.1. The van der Waals surface area contributed by atoms with Gasteiger partial charge in [-0.1, -0.05) is 37.3 Å². The molecule has 0 saturated heterocycles. The van der Waals surface area contributed by atoms with Crippen molar-refractivity contribution in [1.29, 1.82) is 0 Å². The number of hydrogen-bond acceptors (Lipinski definition) is 2. The largest absolute Gasteiger partial charge is 0.341 e. The first kappa shape index (κ1) is 15.1. The van der Waals surface area contributed by atoms with Gasteiger partial charge in [-0.2, -0.15) is 0 Å². The van der Waals surface area contributed by atoms with Crippen LogP contribution in [0.3, 0.4) is 0 Å². The van der Waals surface area contributed by atoms with Gasteiger partial charge >= 0.3 is 0 Å². The Balaban J connectivity index is 2.07. The first-order chi connectivity index (χ1) is 10.2. The highest BCUT2D eigenvalue weighted by Crippen LogP contribution is 2.25. The van der Waals surface area contributed by atoms with E-state index >= 15 is 0 Å². The van der Waals surface area contributed by atoms with Gasteiger partial charge in [-0.15, -0.1) is 6.42 Å². The number of benzene rings is 1. The van der Waals surface area contributed by atoms with E-state index in [-0.39, 0.29) is 24.3 Å². The molecule has 0 heterocycles. The molecule has 0 unspecified atom stereocenters. The minimum absolute atomic E-state index is 0.00639. The quantitative estimate of drug-likeness (QED) is 0.835. The second kappa shape index (κ2) is 7.49. The van der Waals surface area contributed by atoms with E-state index in [1.165, 1.54) is 6.42 Å². The molecule has 2 N–H and O–H groups in total. The minimum Gasteiger partial charge on any atom is -0.341 e. The highest BCUT2D eigenvalue weighted by atomic mass is 16.2. The van der Waals surface area contributed by atoms with Crippen LogP contribution in [0.4, 0.5) is 5.69 Å². The molecule has 2 amide bonds. The van der Waals surface area contributed by atoms with E-state index in [2.05, 4.69) is 16.6 Å². The van der Waals surface area contributed by atoms with E-state index in [0.717, 1.165) is 25.7 Å². The number of carbonyl (C=O) groups excluding carboxylic acids is 2. The smallest absolute Gasteiger partial charge is 0.254 e. The Kier molecular flexibility index (Phi) is 5.39. The van der Waals surface area contributed by atoms with E-state index in [0.29, 0.717) is 11.3 Å². The second-order valence-corrected chi connectivity index (χ2v) is 5.26. The maximum absolute atomic E-state index is 12.3. The SMILES string of the molecule is C#CCNC(=O)c1ccccc1NC(=O)C1CCCCC1. The molecule has 4 nitrogen and oxygen atoms in total. The van der Waals surface area contributed by atoms with Gasteiger partial charge in [0.25, 0.3) is 5.91 Å². The van der Waals surface area contributed by atoms with Crippen molar-refractivity contribution in [1.82, 2.24) is 5.32 Å². The summed E-state index contributed by atoms with van der Waals surface area (Å²) in [5.74, 6) is 2.15. The Morgan fingerprint density at radius 3 is 2.62 bits per heavy atom. The molecule has 1 aromatic rings. The molecule has 0 atom stereocenters. The van der Waals surface area contributed by atoms with Gasteiger partial charge in [-0.25, -0.2) is 0 Å². The summed E-state index contributed by atoms with van der Waals surface area (Å²) in [6.45, 7) is 0.170. The molecule has 0 aliphatic heterocycles. The van der Waals surface area contributed by atoms with E-state index < -0.39 is 0 Å². The van der Waals surface area contributed by atoms with Crippen LogP contribution < -0.4 is 10.6 Å². The third kappa shape index (κ3) is 4.09. The first-order valence-electron chi connectivity index (χ1n) is 7.34. The van der Waals surface area contributed by atoms with Crippen molar-refractivity contribution in [2.75, 3.05) is 11.9 Å². The van der Waals surface area contributed by atoms with Gasteiger partial charge in [0.2, 0.25) is 5.91 Å². The summed E-state index contributed by atoms with van der Waals surface area (Å²) in [7, 11) is 0. The summed E-state index contributed by atoms with van der Waals surface area (Å²) in [6.07, 6.45) is 10.4. The summed E-state index contributed by atoms with van der Waals surface area (Å²) in [6, 6.07) is 6.99. The fraction of sp³-hybridized carbons (Fsp3) is 0.412. The molecule has 1 aromatic carbocycles. The molecule has 1 aliphatic carbocycles. The predicted molar refractivity (Wildman–Crippen MR) is 82.8 cm³/mol. The highest BCUT2D eigenvalue weighted by Gasteiger charge is 2.22. The van der Waals surface area contributed by atoms with Gasteiger partial charge in [-0.3, -0.25) is 9.59 Å². The van der Waals surface area contributed by atoms with Gasteiger partial charge in [-0.05, 0) is 25.0 Å². The summed E-state index contributed by atoms with van der Waals surface area (Å²) in [5.41, 5.74) is 0.986. The molecule has 0 aromatic heterocycles. The molecule has 1 fully saturated rings. The summed E-state index contributed by atoms with van der Waals surface area (Å²) >= 11 is 0. The Morgan fingerprint density at radius 2 is 1.90 bits per heavy atom. The molecule has 0 radical (unpaired) electrons. The van der Waals surface area contributed by atoms with Crippen LogP contribution in [0.2, 0.25) is 0 Å². The average molecular weight is 284 g/mol. The number of nitrogens with one attached hydrogen (secondary N) is 2. The van der Waals surface area contributed by atoms with Gasteiger partial charge < -0.3 is 10.6 Å². The second-order valence-electron chi connectivity index (χ2n) is 5.26. The van der Waals surface area contributed by atoms with Gasteiger partial charge in [0.05, 0.1) is 17.8 Å². The summed E-state index contributed by atoms with van der Waals surface area (Å²) in [4.78, 5) is 24.3. The lowest BCUT2D eigenvalue weighted by Gasteiger charge is -2.21. The Bertz CT molecular complexity index is 554. The van der Waals surface area contributed by atoms with Crippen molar-refractivity contribution in [2.45, 2.75) is 32.1 Å². The third-order valence-corrected chi connectivity index (χ3v) is 3.76. The van der Waals surface area contributed by atoms with Crippen molar-refractivity contribution >= 4 is 17.5 Å². The molecule has 1 saturated carbocycles. The predicted octanol–water partition coefficient (Wildman–Crippen LogP) is 2.57. The molecule has 1 aliphatic rings. The maximum Gasteiger partial charge on any atom is 0.254 e. The first-order valence-corrected chi connectivity index (χ1v) is 7.34. The average Bonchev–Trinajstić information content (AvgIpc) is 2.54. The van der Waals surface area contributed by atoms with Gasteiger partial charge in [0, 0.05) is 5.92 Å². The van der Waals surface area contributed by atoms with Crippen molar-refractivity contribution in [3.05, 3.63) is 29.8 Å². The molecule has 0 spiro atoms. The zero-order valence-corrected chi connectivity index (χ0v) is 12.0. The van der Waals surface area contributed by atoms with Crippen LogP contribution in [-0.4, -0.2) is 18.4 Å². The normalized spacial score (nSPS) is 15.0. The molecular formula is C17H20N2O2. The molecule has 4 heteroatoms. The summed E-state index contributed by atoms with van der Waals surface area (Å²) in [5, 5.41) is 5.50. The lowest BCUT2D eigenvalue weighted by molar-refractivity contribution is -0.120. The van der Waals surface area contributed by atoms with Crippen LogP contribution >= 0.6 is 0 Å². The van der Waals surface area contributed by atoms with Crippen molar-refractivity contribution in [3.63, 3.8) is 0 Å². The lowest BCUT2D eigenvalue weighted by Crippen LogP contribution is -2.28. The fourth-order valence-corrected chi connectivity index (χ4v) is 2.62. The van der Waals surface area contributed by atoms with Crippen LogP contribution in [0.25, 0.3) is 0 Å². The number of hydrogen-bond donors (Lipinski definition) is 2. The van der Waals surface area contributed by atoms with E-state index in [4.69, 9.17) is 6.42 Å². The van der Waals surface area contributed by atoms with Crippen LogP contribution in [-0.2, 0) is 4.79 Å². The molecule has 21 heavy (non-hydrogen) atoms. The highest BCUT2D eigenvalue weighted by molar-refractivity contribution is 6.04. The molecule has 2 rings (SSSR count).